The number of ether oxygens (including phenoxy) is 1. The van der Waals surface area contributed by atoms with E-state index in [-0.39, 0.29) is 12.2 Å². The van der Waals surface area contributed by atoms with Crippen LogP contribution in [0.25, 0.3) is 5.57 Å². The summed E-state index contributed by atoms with van der Waals surface area (Å²) < 4.78 is 4.98. The number of nitrogens with zero attached hydrogens (tertiary/aromatic N) is 2. The molecule has 0 atom stereocenters. The smallest absolute Gasteiger partial charge is 0.323 e. The summed E-state index contributed by atoms with van der Waals surface area (Å²) in [6, 6.07) is 6.66. The Morgan fingerprint density at radius 1 is 1.30 bits per heavy atom. The van der Waals surface area contributed by atoms with Gasteiger partial charge in [0.25, 0.3) is 5.91 Å². The minimum atomic E-state index is -0.558. The molecule has 1 rings (SSSR count). The molecule has 7 nitrogen and oxygen atoms in total. The molecule has 0 spiro atoms. The van der Waals surface area contributed by atoms with Crippen molar-refractivity contribution in [3.8, 4) is 0 Å². The van der Waals surface area contributed by atoms with Crippen LogP contribution in [0, 0.1) is 0 Å². The van der Waals surface area contributed by atoms with Crippen LogP contribution in [-0.4, -0.2) is 44.3 Å². The lowest BCUT2D eigenvalue weighted by Gasteiger charge is -2.14. The van der Waals surface area contributed by atoms with E-state index < -0.39 is 11.9 Å². The lowest BCUT2D eigenvalue weighted by molar-refractivity contribution is -0.114. The number of oxime groups is 1. The molecule has 1 N–H and O–H groups in total. The number of amides is 3. The summed E-state index contributed by atoms with van der Waals surface area (Å²) in [7, 11) is 4.53. The van der Waals surface area contributed by atoms with E-state index in [1.54, 1.807) is 33.2 Å². The van der Waals surface area contributed by atoms with Gasteiger partial charge in [-0.15, -0.1) is 0 Å². The first-order valence-electron chi connectivity index (χ1n) is 6.95. The molecule has 0 heterocycles. The average Bonchev–Trinajstić information content (AvgIpc) is 2.53. The highest BCUT2D eigenvalue weighted by Crippen LogP contribution is 2.21. The maximum Gasteiger partial charge on any atom is 0.323 e. The van der Waals surface area contributed by atoms with Gasteiger partial charge in [0.1, 0.15) is 6.61 Å². The van der Waals surface area contributed by atoms with Crippen molar-refractivity contribution in [3.05, 3.63) is 41.7 Å². The molecule has 1 aromatic rings. The van der Waals surface area contributed by atoms with E-state index in [1.165, 1.54) is 24.5 Å². The van der Waals surface area contributed by atoms with E-state index in [1.807, 2.05) is 12.1 Å². The summed E-state index contributed by atoms with van der Waals surface area (Å²) in [6.07, 6.45) is 2.82. The highest BCUT2D eigenvalue weighted by Gasteiger charge is 2.19. The number of carbonyl (C=O) groups excluding carboxylic acids is 2. The fourth-order valence-electron chi connectivity index (χ4n) is 1.72. The van der Waals surface area contributed by atoms with Gasteiger partial charge < -0.3 is 14.5 Å². The third-order valence-corrected chi connectivity index (χ3v) is 2.81. The molecule has 3 amide bonds. The van der Waals surface area contributed by atoms with Gasteiger partial charge in [0, 0.05) is 25.9 Å². The van der Waals surface area contributed by atoms with Gasteiger partial charge in [0.05, 0.1) is 18.9 Å². The normalized spacial score (nSPS) is 11.2. The summed E-state index contributed by atoms with van der Waals surface area (Å²) in [5.41, 5.74) is 1.57. The molecule has 0 saturated carbocycles. The Morgan fingerprint density at radius 2 is 2.00 bits per heavy atom. The van der Waals surface area contributed by atoms with E-state index in [0.29, 0.717) is 5.56 Å². The molecule has 0 bridgehead atoms. The fraction of sp³-hybridized carbons (Fsp3) is 0.312. The standard InChI is InChI=1S/C16H21N3O4/c1-5-17-23-10-12-8-6-7-9-13(12)14(11-22-4)15(20)18-16(21)19(2)3/h5-9,11H,10H2,1-4H3,(H,18,20,21)/b14-11+,17-5-. The molecule has 0 saturated heterocycles. The van der Waals surface area contributed by atoms with Crippen LogP contribution in [0.4, 0.5) is 4.79 Å². The Morgan fingerprint density at radius 3 is 2.61 bits per heavy atom. The van der Waals surface area contributed by atoms with E-state index in [4.69, 9.17) is 9.57 Å². The van der Waals surface area contributed by atoms with Crippen molar-refractivity contribution in [2.75, 3.05) is 21.2 Å². The van der Waals surface area contributed by atoms with E-state index >= 15 is 0 Å². The summed E-state index contributed by atoms with van der Waals surface area (Å²) in [4.78, 5) is 30.4. The Labute approximate surface area is 135 Å². The fourth-order valence-corrected chi connectivity index (χ4v) is 1.72. The van der Waals surface area contributed by atoms with Crippen LogP contribution in [0.5, 0.6) is 0 Å². The molecule has 0 unspecified atom stereocenters. The summed E-state index contributed by atoms with van der Waals surface area (Å²) >= 11 is 0. The molecular weight excluding hydrogens is 298 g/mol. The van der Waals surface area contributed by atoms with Gasteiger partial charge >= 0.3 is 6.03 Å². The zero-order chi connectivity index (χ0) is 17.2. The van der Waals surface area contributed by atoms with Gasteiger partial charge in [-0.05, 0) is 12.5 Å². The second kappa shape index (κ2) is 9.24. The maximum absolute atomic E-state index is 12.4. The molecule has 124 valence electrons. The van der Waals surface area contributed by atoms with Crippen molar-refractivity contribution in [2.24, 2.45) is 5.16 Å². The van der Waals surface area contributed by atoms with Crippen LogP contribution in [0.1, 0.15) is 18.1 Å². The van der Waals surface area contributed by atoms with Gasteiger partial charge in [0.15, 0.2) is 0 Å². The van der Waals surface area contributed by atoms with Crippen molar-refractivity contribution < 1.29 is 19.2 Å². The number of hydrogen-bond donors (Lipinski definition) is 1. The quantitative estimate of drug-likeness (QED) is 0.376. The van der Waals surface area contributed by atoms with Gasteiger partial charge in [0.2, 0.25) is 0 Å². The monoisotopic (exact) mass is 319 g/mol. The van der Waals surface area contributed by atoms with Gasteiger partial charge in [-0.1, -0.05) is 29.4 Å². The first-order valence-corrected chi connectivity index (χ1v) is 6.95. The highest BCUT2D eigenvalue weighted by atomic mass is 16.6. The molecule has 7 heteroatoms. The predicted octanol–water partition coefficient (Wildman–Crippen LogP) is 1.99. The highest BCUT2D eigenvalue weighted by molar-refractivity contribution is 6.23. The second-order valence-corrected chi connectivity index (χ2v) is 4.72. The van der Waals surface area contributed by atoms with Crippen molar-refractivity contribution in [1.82, 2.24) is 10.2 Å². The molecule has 0 aromatic heterocycles. The van der Waals surface area contributed by atoms with Crippen LogP contribution >= 0.6 is 0 Å². The lowest BCUT2D eigenvalue weighted by Crippen LogP contribution is -2.39. The van der Waals surface area contributed by atoms with Crippen molar-refractivity contribution in [2.45, 2.75) is 13.5 Å². The number of rotatable bonds is 6. The molecule has 1 aromatic carbocycles. The number of benzene rings is 1. The minimum absolute atomic E-state index is 0.191. The third-order valence-electron chi connectivity index (χ3n) is 2.81. The largest absolute Gasteiger partial charge is 0.504 e. The van der Waals surface area contributed by atoms with Crippen LogP contribution < -0.4 is 5.32 Å². The van der Waals surface area contributed by atoms with Crippen LogP contribution in [0.15, 0.2) is 35.7 Å². The molecule has 0 aliphatic rings. The Balaban J connectivity index is 3.08. The van der Waals surface area contributed by atoms with Gasteiger partial charge in [-0.3, -0.25) is 10.1 Å². The van der Waals surface area contributed by atoms with Crippen molar-refractivity contribution in [1.29, 1.82) is 0 Å². The molecule has 23 heavy (non-hydrogen) atoms. The van der Waals surface area contributed by atoms with Gasteiger partial charge in [-0.2, -0.15) is 0 Å². The number of carbonyl (C=O) groups is 2. The first-order chi connectivity index (χ1) is 11.0. The molecule has 0 fully saturated rings. The van der Waals surface area contributed by atoms with Crippen LogP contribution in [0.2, 0.25) is 0 Å². The zero-order valence-corrected chi connectivity index (χ0v) is 13.7. The Hall–Kier alpha value is -2.83. The summed E-state index contributed by atoms with van der Waals surface area (Å²) in [5.74, 6) is -0.558. The number of urea groups is 1. The van der Waals surface area contributed by atoms with Gasteiger partial charge in [-0.25, -0.2) is 4.79 Å². The Bertz CT molecular complexity index is 609. The third kappa shape index (κ3) is 5.46. The number of hydrogen-bond acceptors (Lipinski definition) is 5. The molecule has 0 aliphatic carbocycles. The average molecular weight is 319 g/mol. The second-order valence-electron chi connectivity index (χ2n) is 4.72. The maximum atomic E-state index is 12.4. The Kier molecular flexibility index (Phi) is 7.32. The number of methoxy groups -OCH3 is 1. The molecule has 0 aliphatic heterocycles. The summed E-state index contributed by atoms with van der Waals surface area (Å²) in [6.45, 7) is 1.93. The van der Waals surface area contributed by atoms with Crippen molar-refractivity contribution >= 4 is 23.7 Å². The first kappa shape index (κ1) is 18.2. The van der Waals surface area contributed by atoms with Crippen molar-refractivity contribution in [3.63, 3.8) is 0 Å². The molecule has 0 radical (unpaired) electrons. The lowest BCUT2D eigenvalue weighted by atomic mass is 10.0. The SMILES string of the molecule is C/C=N\OCc1ccccc1/C(=C\OC)C(=O)NC(=O)N(C)C. The van der Waals surface area contributed by atoms with Crippen LogP contribution in [0.3, 0.4) is 0 Å². The summed E-state index contributed by atoms with van der Waals surface area (Å²) in [5, 5.41) is 5.98. The van der Waals surface area contributed by atoms with E-state index in [9.17, 15) is 9.59 Å². The number of imide groups is 1. The molecular formula is C16H21N3O4. The van der Waals surface area contributed by atoms with E-state index in [0.717, 1.165) is 5.56 Å². The predicted molar refractivity (Wildman–Crippen MR) is 87.6 cm³/mol. The van der Waals surface area contributed by atoms with E-state index in [2.05, 4.69) is 10.5 Å². The topological polar surface area (TPSA) is 80.2 Å². The van der Waals surface area contributed by atoms with Crippen LogP contribution in [-0.2, 0) is 21.0 Å². The number of nitrogens with one attached hydrogen (secondary N) is 1. The minimum Gasteiger partial charge on any atom is -0.504 e. The zero-order valence-electron chi connectivity index (χ0n) is 13.7.